The fourth-order valence-electron chi connectivity index (χ4n) is 2.00. The minimum atomic E-state index is 0.0125. The lowest BCUT2D eigenvalue weighted by atomic mass is 9.77. The molecule has 1 saturated carbocycles. The van der Waals surface area contributed by atoms with Crippen molar-refractivity contribution in [3.05, 3.63) is 28.7 Å². The van der Waals surface area contributed by atoms with Crippen LogP contribution in [0.3, 0.4) is 0 Å². The molecule has 82 valence electrons. The second-order valence-corrected chi connectivity index (χ2v) is 4.96. The summed E-state index contributed by atoms with van der Waals surface area (Å²) in [6.45, 7) is 0.699. The van der Waals surface area contributed by atoms with Gasteiger partial charge in [-0.2, -0.15) is 0 Å². The second-order valence-electron chi connectivity index (χ2n) is 4.11. The van der Waals surface area contributed by atoms with Gasteiger partial charge in [0.1, 0.15) is 11.4 Å². The zero-order valence-electron chi connectivity index (χ0n) is 8.71. The van der Waals surface area contributed by atoms with Crippen molar-refractivity contribution in [1.29, 1.82) is 0 Å². The lowest BCUT2D eigenvalue weighted by molar-refractivity contribution is -0.0131. The monoisotopic (exact) mass is 269 g/mol. The summed E-state index contributed by atoms with van der Waals surface area (Å²) in [5, 5.41) is 0. The molecule has 0 bridgehead atoms. The van der Waals surface area contributed by atoms with Crippen LogP contribution in [-0.2, 0) is 0 Å². The molecule has 2 nitrogen and oxygen atoms in total. The fraction of sp³-hybridized carbons (Fsp3) is 0.500. The van der Waals surface area contributed by atoms with Gasteiger partial charge in [-0.05, 0) is 60.3 Å². The molecule has 1 fully saturated rings. The van der Waals surface area contributed by atoms with Gasteiger partial charge in [0.15, 0.2) is 0 Å². The van der Waals surface area contributed by atoms with Crippen LogP contribution in [0.1, 0.15) is 25.7 Å². The first-order chi connectivity index (χ1) is 7.26. The molecular formula is C12H16BrNO. The molecule has 1 aliphatic carbocycles. The number of hydrogen-bond donors (Lipinski definition) is 1. The lowest BCUT2D eigenvalue weighted by Crippen LogP contribution is -2.44. The van der Waals surface area contributed by atoms with Gasteiger partial charge < -0.3 is 10.5 Å². The van der Waals surface area contributed by atoms with Crippen LogP contribution in [0, 0.1) is 0 Å². The van der Waals surface area contributed by atoms with Crippen molar-refractivity contribution in [3.8, 4) is 5.75 Å². The van der Waals surface area contributed by atoms with E-state index < -0.39 is 0 Å². The van der Waals surface area contributed by atoms with Crippen LogP contribution < -0.4 is 10.5 Å². The maximum Gasteiger partial charge on any atom is 0.134 e. The van der Waals surface area contributed by atoms with Crippen molar-refractivity contribution >= 4 is 15.9 Å². The number of halogens is 1. The molecule has 1 aromatic carbocycles. The van der Waals surface area contributed by atoms with Crippen molar-refractivity contribution in [1.82, 2.24) is 0 Å². The third kappa shape index (κ3) is 2.34. The maximum atomic E-state index is 6.08. The van der Waals surface area contributed by atoms with E-state index in [0.717, 1.165) is 29.5 Å². The fourth-order valence-corrected chi connectivity index (χ4v) is 2.36. The summed E-state index contributed by atoms with van der Waals surface area (Å²) < 4.78 is 7.10. The van der Waals surface area contributed by atoms with Crippen molar-refractivity contribution in [2.75, 3.05) is 6.54 Å². The highest BCUT2D eigenvalue weighted by Gasteiger charge is 2.38. The summed E-state index contributed by atoms with van der Waals surface area (Å²) in [7, 11) is 0. The van der Waals surface area contributed by atoms with Gasteiger partial charge in [0.25, 0.3) is 0 Å². The Morgan fingerprint density at radius 2 is 2.07 bits per heavy atom. The average Bonchev–Trinajstić information content (AvgIpc) is 2.18. The van der Waals surface area contributed by atoms with E-state index in [1.807, 2.05) is 24.3 Å². The summed E-state index contributed by atoms with van der Waals surface area (Å²) in [5.41, 5.74) is 5.64. The first-order valence-electron chi connectivity index (χ1n) is 5.39. The normalized spacial score (nSPS) is 18.3. The van der Waals surface area contributed by atoms with Gasteiger partial charge >= 0.3 is 0 Å². The molecule has 0 radical (unpaired) electrons. The molecule has 0 unspecified atom stereocenters. The zero-order chi connectivity index (χ0) is 10.7. The van der Waals surface area contributed by atoms with Crippen LogP contribution in [-0.4, -0.2) is 12.1 Å². The SMILES string of the molecule is NCCC1(Oc2ccccc2Br)CCC1. The van der Waals surface area contributed by atoms with Crippen LogP contribution in [0.15, 0.2) is 28.7 Å². The molecule has 0 saturated heterocycles. The van der Waals surface area contributed by atoms with E-state index in [-0.39, 0.29) is 5.60 Å². The van der Waals surface area contributed by atoms with Crippen molar-refractivity contribution in [2.24, 2.45) is 5.73 Å². The van der Waals surface area contributed by atoms with E-state index in [9.17, 15) is 0 Å². The second kappa shape index (κ2) is 4.54. The van der Waals surface area contributed by atoms with Crippen molar-refractivity contribution in [2.45, 2.75) is 31.3 Å². The molecule has 0 spiro atoms. The van der Waals surface area contributed by atoms with Gasteiger partial charge in [-0.25, -0.2) is 0 Å². The minimum Gasteiger partial charge on any atom is -0.486 e. The zero-order valence-corrected chi connectivity index (χ0v) is 10.3. The molecule has 2 N–H and O–H groups in total. The molecule has 0 aromatic heterocycles. The largest absolute Gasteiger partial charge is 0.486 e. The molecule has 0 heterocycles. The molecular weight excluding hydrogens is 254 g/mol. The number of nitrogens with two attached hydrogens (primary N) is 1. The smallest absolute Gasteiger partial charge is 0.134 e. The van der Waals surface area contributed by atoms with Crippen molar-refractivity contribution < 1.29 is 4.74 Å². The van der Waals surface area contributed by atoms with Crippen LogP contribution in [0.2, 0.25) is 0 Å². The molecule has 0 aliphatic heterocycles. The summed E-state index contributed by atoms with van der Waals surface area (Å²) in [6, 6.07) is 7.99. The molecule has 1 aromatic rings. The third-order valence-electron chi connectivity index (χ3n) is 3.03. The number of benzene rings is 1. The first kappa shape index (κ1) is 11.0. The molecule has 2 rings (SSSR count). The van der Waals surface area contributed by atoms with E-state index in [2.05, 4.69) is 15.9 Å². The lowest BCUT2D eigenvalue weighted by Gasteiger charge is -2.42. The van der Waals surface area contributed by atoms with E-state index in [4.69, 9.17) is 10.5 Å². The number of ether oxygens (including phenoxy) is 1. The Labute approximate surface area is 98.9 Å². The first-order valence-corrected chi connectivity index (χ1v) is 6.19. The number of hydrogen-bond acceptors (Lipinski definition) is 2. The molecule has 0 amide bonds. The Hall–Kier alpha value is -0.540. The third-order valence-corrected chi connectivity index (χ3v) is 3.68. The molecule has 0 atom stereocenters. The van der Waals surface area contributed by atoms with Crippen LogP contribution in [0.5, 0.6) is 5.75 Å². The van der Waals surface area contributed by atoms with Gasteiger partial charge in [0.05, 0.1) is 4.47 Å². The van der Waals surface area contributed by atoms with Crippen LogP contribution >= 0.6 is 15.9 Å². The predicted molar refractivity (Wildman–Crippen MR) is 65.0 cm³/mol. The number of para-hydroxylation sites is 1. The Bertz CT molecular complexity index is 336. The molecule has 1 aliphatic rings. The topological polar surface area (TPSA) is 35.2 Å². The Kier molecular flexibility index (Phi) is 3.32. The van der Waals surface area contributed by atoms with E-state index in [1.165, 1.54) is 6.42 Å². The maximum absolute atomic E-state index is 6.08. The van der Waals surface area contributed by atoms with Crippen molar-refractivity contribution in [3.63, 3.8) is 0 Å². The van der Waals surface area contributed by atoms with Crippen LogP contribution in [0.4, 0.5) is 0 Å². The highest BCUT2D eigenvalue weighted by atomic mass is 79.9. The highest BCUT2D eigenvalue weighted by molar-refractivity contribution is 9.10. The molecule has 3 heteroatoms. The van der Waals surface area contributed by atoms with Crippen LogP contribution in [0.25, 0.3) is 0 Å². The van der Waals surface area contributed by atoms with E-state index in [0.29, 0.717) is 6.54 Å². The van der Waals surface area contributed by atoms with E-state index >= 15 is 0 Å². The van der Waals surface area contributed by atoms with Gasteiger partial charge in [-0.15, -0.1) is 0 Å². The van der Waals surface area contributed by atoms with Gasteiger partial charge in [-0.3, -0.25) is 0 Å². The Morgan fingerprint density at radius 3 is 2.60 bits per heavy atom. The van der Waals surface area contributed by atoms with Gasteiger partial charge in [-0.1, -0.05) is 12.1 Å². The van der Waals surface area contributed by atoms with E-state index in [1.54, 1.807) is 0 Å². The predicted octanol–water partition coefficient (Wildman–Crippen LogP) is 3.10. The highest BCUT2D eigenvalue weighted by Crippen LogP contribution is 2.40. The summed E-state index contributed by atoms with van der Waals surface area (Å²) in [6.07, 6.45) is 4.47. The average molecular weight is 270 g/mol. The minimum absolute atomic E-state index is 0.0125. The number of rotatable bonds is 4. The summed E-state index contributed by atoms with van der Waals surface area (Å²) in [4.78, 5) is 0. The van der Waals surface area contributed by atoms with Gasteiger partial charge in [0.2, 0.25) is 0 Å². The molecule has 15 heavy (non-hydrogen) atoms. The standard InChI is InChI=1S/C12H16BrNO/c13-10-4-1-2-5-11(10)15-12(8-9-14)6-3-7-12/h1-2,4-5H,3,6-9,14H2. The quantitative estimate of drug-likeness (QED) is 0.912. The summed E-state index contributed by atoms with van der Waals surface area (Å²) >= 11 is 3.50. The summed E-state index contributed by atoms with van der Waals surface area (Å²) in [5.74, 6) is 0.936. The van der Waals surface area contributed by atoms with Gasteiger partial charge in [0, 0.05) is 0 Å². The Balaban J connectivity index is 2.10. The Morgan fingerprint density at radius 1 is 1.33 bits per heavy atom.